The number of rotatable bonds is 5. The largest absolute Gasteiger partial charge is 0.477 e. The molecule has 8 heteroatoms. The van der Waals surface area contributed by atoms with Crippen LogP contribution in [0.2, 0.25) is 5.02 Å². The third-order valence-corrected chi connectivity index (χ3v) is 3.21. The fourth-order valence-electron chi connectivity index (χ4n) is 1.81. The van der Waals surface area contributed by atoms with Gasteiger partial charge in [0.1, 0.15) is 17.4 Å². The van der Waals surface area contributed by atoms with Gasteiger partial charge >= 0.3 is 11.7 Å². The number of nitro groups is 1. The van der Waals surface area contributed by atoms with Crippen LogP contribution in [-0.4, -0.2) is 16.0 Å². The fraction of sp³-hybridized carbons (Fsp3) is 0. The van der Waals surface area contributed by atoms with E-state index in [9.17, 15) is 14.9 Å². The van der Waals surface area contributed by atoms with Crippen molar-refractivity contribution in [1.82, 2.24) is 0 Å². The fourth-order valence-corrected chi connectivity index (χ4v) is 1.98. The lowest BCUT2D eigenvalue weighted by Gasteiger charge is -2.08. The first-order valence-electron chi connectivity index (χ1n) is 6.48. The molecule has 0 spiro atoms. The minimum absolute atomic E-state index is 0.0564. The second-order valence-electron chi connectivity index (χ2n) is 4.49. The Morgan fingerprint density at radius 1 is 1.29 bits per heavy atom. The van der Waals surface area contributed by atoms with Crippen LogP contribution in [0.1, 0.15) is 5.56 Å². The van der Waals surface area contributed by atoms with Crippen molar-refractivity contribution in [2.45, 2.75) is 0 Å². The highest BCUT2D eigenvalue weighted by Crippen LogP contribution is 2.35. The summed E-state index contributed by atoms with van der Waals surface area (Å²) in [5.41, 5.74) is -0.734. The number of nitrogens with zero attached hydrogens (tertiary/aromatic N) is 2. The molecule has 0 heterocycles. The topological polar surface area (TPSA) is 113 Å². The van der Waals surface area contributed by atoms with Gasteiger partial charge < -0.3 is 9.84 Å². The number of ether oxygens (including phenoxy) is 1. The highest BCUT2D eigenvalue weighted by molar-refractivity contribution is 6.32. The van der Waals surface area contributed by atoms with Crippen molar-refractivity contribution < 1.29 is 19.6 Å². The molecule has 0 bridgehead atoms. The van der Waals surface area contributed by atoms with Crippen LogP contribution in [-0.2, 0) is 4.79 Å². The number of halogens is 1. The minimum Gasteiger partial charge on any atom is -0.477 e. The predicted octanol–water partition coefficient (Wildman–Crippen LogP) is 4.03. The zero-order valence-corrected chi connectivity index (χ0v) is 12.7. The maximum Gasteiger partial charge on any atom is 0.346 e. The van der Waals surface area contributed by atoms with Gasteiger partial charge in [-0.1, -0.05) is 29.8 Å². The predicted molar refractivity (Wildman–Crippen MR) is 85.8 cm³/mol. The van der Waals surface area contributed by atoms with Crippen molar-refractivity contribution in [3.05, 3.63) is 68.7 Å². The van der Waals surface area contributed by atoms with E-state index in [0.29, 0.717) is 0 Å². The second kappa shape index (κ2) is 7.26. The number of hydrogen-bond acceptors (Lipinski definition) is 5. The number of nitriles is 1. The third-order valence-electron chi connectivity index (χ3n) is 2.90. The molecule has 7 nitrogen and oxygen atoms in total. The second-order valence-corrected chi connectivity index (χ2v) is 4.90. The monoisotopic (exact) mass is 344 g/mol. The van der Waals surface area contributed by atoms with E-state index in [0.717, 1.165) is 12.1 Å². The summed E-state index contributed by atoms with van der Waals surface area (Å²) in [6.45, 7) is 0. The first kappa shape index (κ1) is 17.0. The van der Waals surface area contributed by atoms with E-state index in [4.69, 9.17) is 26.7 Å². The van der Waals surface area contributed by atoms with E-state index in [1.807, 2.05) is 0 Å². The van der Waals surface area contributed by atoms with Gasteiger partial charge in [-0.05, 0) is 29.8 Å². The minimum atomic E-state index is -1.42. The van der Waals surface area contributed by atoms with Crippen LogP contribution in [0, 0.1) is 21.4 Å². The quantitative estimate of drug-likeness (QED) is 0.379. The Hall–Kier alpha value is -3.37. The van der Waals surface area contributed by atoms with E-state index in [2.05, 4.69) is 0 Å². The zero-order chi connectivity index (χ0) is 17.7. The average Bonchev–Trinajstić information content (AvgIpc) is 2.55. The summed E-state index contributed by atoms with van der Waals surface area (Å²) in [7, 11) is 0. The first-order chi connectivity index (χ1) is 11.4. The van der Waals surface area contributed by atoms with Crippen molar-refractivity contribution in [3.63, 3.8) is 0 Å². The average molecular weight is 345 g/mol. The Morgan fingerprint density at radius 2 is 2.00 bits per heavy atom. The summed E-state index contributed by atoms with van der Waals surface area (Å²) in [5.74, 6) is -1.23. The van der Waals surface area contributed by atoms with E-state index in [1.165, 1.54) is 18.2 Å². The molecule has 24 heavy (non-hydrogen) atoms. The van der Waals surface area contributed by atoms with E-state index >= 15 is 0 Å². The van der Waals surface area contributed by atoms with Gasteiger partial charge in [0.05, 0.1) is 9.95 Å². The third kappa shape index (κ3) is 3.88. The van der Waals surface area contributed by atoms with Gasteiger partial charge in [-0.3, -0.25) is 10.1 Å². The molecule has 0 aromatic heterocycles. The summed E-state index contributed by atoms with van der Waals surface area (Å²) >= 11 is 5.95. The van der Waals surface area contributed by atoms with Crippen LogP contribution in [0.25, 0.3) is 6.08 Å². The number of benzene rings is 2. The normalized spacial score (nSPS) is 10.8. The first-order valence-corrected chi connectivity index (χ1v) is 6.86. The van der Waals surface area contributed by atoms with Crippen LogP contribution in [0.5, 0.6) is 11.5 Å². The molecule has 0 fully saturated rings. The van der Waals surface area contributed by atoms with Crippen molar-refractivity contribution in [3.8, 4) is 17.6 Å². The molecule has 0 atom stereocenters. The standard InChI is InChI=1S/C16H9ClN2O5/c17-12-3-1-2-4-14(12)24-15-6-5-10(8-13(15)19(22)23)7-11(9-18)16(20)21/h1-8H,(H,20,21)/b11-7+. The highest BCUT2D eigenvalue weighted by atomic mass is 35.5. The van der Waals surface area contributed by atoms with Gasteiger partial charge in [-0.25, -0.2) is 4.79 Å². The number of para-hydroxylation sites is 1. The molecule has 0 aliphatic rings. The molecule has 0 aliphatic heterocycles. The molecule has 2 aromatic carbocycles. The van der Waals surface area contributed by atoms with E-state index in [1.54, 1.807) is 24.3 Å². The summed E-state index contributed by atoms with van der Waals surface area (Å²) in [5, 5.41) is 29.1. The summed E-state index contributed by atoms with van der Waals surface area (Å²) in [6.07, 6.45) is 1.04. The van der Waals surface area contributed by atoms with Crippen LogP contribution < -0.4 is 4.74 Å². The highest BCUT2D eigenvalue weighted by Gasteiger charge is 2.18. The molecule has 0 radical (unpaired) electrons. The number of aliphatic carboxylic acids is 1. The van der Waals surface area contributed by atoms with Gasteiger partial charge in [0, 0.05) is 6.07 Å². The summed E-state index contributed by atoms with van der Waals surface area (Å²) in [6, 6.07) is 11.8. The lowest BCUT2D eigenvalue weighted by atomic mass is 10.1. The number of carbonyl (C=O) groups is 1. The Kier molecular flexibility index (Phi) is 5.14. The zero-order valence-electron chi connectivity index (χ0n) is 12.0. The molecule has 2 rings (SSSR count). The number of nitro benzene ring substituents is 1. The smallest absolute Gasteiger partial charge is 0.346 e. The van der Waals surface area contributed by atoms with E-state index in [-0.39, 0.29) is 27.8 Å². The maximum atomic E-state index is 11.2. The van der Waals surface area contributed by atoms with Crippen LogP contribution in [0.4, 0.5) is 5.69 Å². The molecule has 0 saturated carbocycles. The molecule has 0 unspecified atom stereocenters. The lowest BCUT2D eigenvalue weighted by Crippen LogP contribution is -1.98. The summed E-state index contributed by atoms with van der Waals surface area (Å²) < 4.78 is 5.46. The number of carboxylic acids is 1. The molecular formula is C16H9ClN2O5. The van der Waals surface area contributed by atoms with Crippen molar-refractivity contribution >= 4 is 29.3 Å². The Bertz CT molecular complexity index is 886. The molecule has 2 aromatic rings. The molecule has 0 amide bonds. The van der Waals surface area contributed by atoms with Crippen molar-refractivity contribution in [2.75, 3.05) is 0 Å². The van der Waals surface area contributed by atoms with Gasteiger partial charge in [0.25, 0.3) is 0 Å². The van der Waals surface area contributed by atoms with Crippen LogP contribution in [0.15, 0.2) is 48.0 Å². The maximum absolute atomic E-state index is 11.2. The van der Waals surface area contributed by atoms with Crippen LogP contribution in [0.3, 0.4) is 0 Å². The molecular weight excluding hydrogens is 336 g/mol. The van der Waals surface area contributed by atoms with Crippen molar-refractivity contribution in [2.24, 2.45) is 0 Å². The van der Waals surface area contributed by atoms with Gasteiger partial charge in [-0.15, -0.1) is 0 Å². The Balaban J connectivity index is 2.45. The van der Waals surface area contributed by atoms with Gasteiger partial charge in [-0.2, -0.15) is 5.26 Å². The molecule has 120 valence electrons. The summed E-state index contributed by atoms with van der Waals surface area (Å²) in [4.78, 5) is 21.4. The number of hydrogen-bond donors (Lipinski definition) is 1. The molecule has 0 saturated heterocycles. The van der Waals surface area contributed by atoms with Crippen LogP contribution >= 0.6 is 11.6 Å². The SMILES string of the molecule is N#C/C(=C\c1ccc(Oc2ccccc2Cl)c([N+](=O)[O-])c1)C(=O)O. The number of carboxylic acid groups (broad SMARTS) is 1. The van der Waals surface area contributed by atoms with Gasteiger partial charge in [0.15, 0.2) is 0 Å². The molecule has 0 aliphatic carbocycles. The Morgan fingerprint density at radius 3 is 2.58 bits per heavy atom. The van der Waals surface area contributed by atoms with Crippen molar-refractivity contribution in [1.29, 1.82) is 5.26 Å². The van der Waals surface area contributed by atoms with Gasteiger partial charge in [0.2, 0.25) is 5.75 Å². The molecule has 1 N–H and O–H groups in total. The lowest BCUT2D eigenvalue weighted by molar-refractivity contribution is -0.385. The Labute approximate surface area is 141 Å². The van der Waals surface area contributed by atoms with E-state index < -0.39 is 16.5 Å².